The largest absolute Gasteiger partial charge is 0.508 e. The van der Waals surface area contributed by atoms with Crippen LogP contribution in [0.3, 0.4) is 0 Å². The van der Waals surface area contributed by atoms with Crippen molar-refractivity contribution in [2.45, 2.75) is 18.6 Å². The van der Waals surface area contributed by atoms with Gasteiger partial charge in [-0.25, -0.2) is 0 Å². The Hall–Kier alpha value is -0.331. The number of phenolic OH excluding ortho intramolecular Hbond substituents is 1. The van der Waals surface area contributed by atoms with Crippen molar-refractivity contribution in [3.63, 3.8) is 0 Å². The zero-order valence-corrected chi connectivity index (χ0v) is 11.5. The molecule has 1 saturated heterocycles. The van der Waals surface area contributed by atoms with Crippen LogP contribution in [-0.4, -0.2) is 75.9 Å². The first kappa shape index (κ1) is 16.0. The van der Waals surface area contributed by atoms with Gasteiger partial charge in [-0.2, -0.15) is 0 Å². The van der Waals surface area contributed by atoms with E-state index in [1.165, 1.54) is 5.56 Å². The van der Waals surface area contributed by atoms with Crippen LogP contribution in [0.1, 0.15) is 5.56 Å². The Labute approximate surface area is 130 Å². The lowest BCUT2D eigenvalue weighted by atomic mass is 8.87. The minimum Gasteiger partial charge on any atom is -0.508 e. The van der Waals surface area contributed by atoms with Crippen molar-refractivity contribution < 1.29 is 5.11 Å². The molecule has 1 fully saturated rings. The molecule has 1 atom stereocenters. The summed E-state index contributed by atoms with van der Waals surface area (Å²) in [5, 5.41) is 9.32. The normalized spacial score (nSPS) is 18.7. The second-order valence-electron chi connectivity index (χ2n) is 4.83. The van der Waals surface area contributed by atoms with Gasteiger partial charge in [0.15, 0.2) is 0 Å². The number of hydrogen-bond donors (Lipinski definition) is 1. The molecule has 1 heterocycles. The molecule has 1 aliphatic rings. The number of hydrogen-bond acceptors (Lipinski definition) is 1. The maximum Gasteiger partial charge on any atom is 0.115 e. The van der Waals surface area contributed by atoms with Gasteiger partial charge in [-0.05, 0) is 24.1 Å². The van der Waals surface area contributed by atoms with Crippen molar-refractivity contribution in [2.75, 3.05) is 0 Å². The van der Waals surface area contributed by atoms with E-state index in [2.05, 4.69) is 35.5 Å². The molecule has 0 amide bonds. The molecule has 11 heteroatoms. The van der Waals surface area contributed by atoms with Crippen LogP contribution >= 0.6 is 0 Å². The van der Waals surface area contributed by atoms with E-state index < -0.39 is 0 Å². The summed E-state index contributed by atoms with van der Waals surface area (Å²) in [4.78, 5) is 0. The first-order valence-electron chi connectivity index (χ1n) is 6.96. The van der Waals surface area contributed by atoms with E-state index in [1.54, 1.807) is 12.1 Å². The van der Waals surface area contributed by atoms with E-state index in [4.69, 9.17) is 0 Å². The van der Waals surface area contributed by atoms with E-state index in [1.807, 2.05) is 47.4 Å². The van der Waals surface area contributed by atoms with Crippen molar-refractivity contribution in [3.8, 4) is 5.75 Å². The third-order valence-corrected chi connectivity index (χ3v) is 3.17. The van der Waals surface area contributed by atoms with Crippen molar-refractivity contribution in [1.82, 2.24) is 0 Å². The summed E-state index contributed by atoms with van der Waals surface area (Å²) >= 11 is 0. The predicted molar refractivity (Wildman–Crippen MR) is 97.9 cm³/mol. The third kappa shape index (κ3) is 6.41. The van der Waals surface area contributed by atoms with Crippen LogP contribution in [0.4, 0.5) is 0 Å². The van der Waals surface area contributed by atoms with Crippen LogP contribution in [0.25, 0.3) is 0 Å². The fraction of sp³-hybridized carbons (Fsp3) is 0.333. The quantitative estimate of drug-likeness (QED) is 0.622. The number of benzene rings is 1. The minimum atomic E-state index is 0.322. The van der Waals surface area contributed by atoms with E-state index in [0.717, 1.165) is 12.7 Å². The molecule has 20 heavy (non-hydrogen) atoms. The van der Waals surface area contributed by atoms with Crippen molar-refractivity contribution >= 4 is 70.8 Å². The molecule has 1 aromatic carbocycles. The Kier molecular flexibility index (Phi) is 7.68. The topological polar surface area (TPSA) is 20.2 Å². The molecule has 0 bridgehead atoms. The van der Waals surface area contributed by atoms with Gasteiger partial charge >= 0.3 is 0 Å². The predicted octanol–water partition coefficient (Wildman–Crippen LogP) is -1.57. The number of aromatic hydroxyl groups is 1. The zero-order valence-electron chi connectivity index (χ0n) is 11.5. The molecule has 0 saturated carbocycles. The van der Waals surface area contributed by atoms with Crippen LogP contribution in [-0.2, 0) is 6.42 Å². The first-order chi connectivity index (χ1) is 9.84. The van der Waals surface area contributed by atoms with E-state index in [0.29, 0.717) is 11.6 Å². The smallest absolute Gasteiger partial charge is 0.115 e. The molecule has 82 valence electrons. The molecule has 1 aromatic rings. The molecule has 1 nitrogen and oxygen atoms in total. The lowest BCUT2D eigenvalue weighted by Gasteiger charge is -2.17. The summed E-state index contributed by atoms with van der Waals surface area (Å²) in [6.07, 6.45) is 1.99. The van der Waals surface area contributed by atoms with Crippen LogP contribution in [0, 0.1) is 0 Å². The summed E-state index contributed by atoms with van der Waals surface area (Å²) in [6, 6.07) is 7.47. The highest BCUT2D eigenvalue weighted by Crippen LogP contribution is 2.19. The lowest BCUT2D eigenvalue weighted by molar-refractivity contribution is 0.475. The van der Waals surface area contributed by atoms with Crippen LogP contribution in [0.15, 0.2) is 24.3 Å². The summed E-state index contributed by atoms with van der Waals surface area (Å²) in [5.41, 5.74) is 1.25. The highest BCUT2D eigenvalue weighted by atomic mass is 16.3. The Bertz CT molecular complexity index is 361. The molecular weight excluding hydrogens is 232 g/mol. The molecule has 10 radical (unpaired) electrons. The van der Waals surface area contributed by atoms with E-state index in [-0.39, 0.29) is 0 Å². The minimum absolute atomic E-state index is 0.322. The summed E-state index contributed by atoms with van der Waals surface area (Å²) in [6.45, 7) is 0. The second kappa shape index (κ2) is 9.58. The van der Waals surface area contributed by atoms with Gasteiger partial charge in [-0.1, -0.05) is 24.3 Å². The van der Waals surface area contributed by atoms with Crippen molar-refractivity contribution in [1.29, 1.82) is 0 Å². The SMILES string of the molecule is Oc1ccc(C[C@H]2[B][B][B][B][B][B][B][B][B][B]C2)cc1. The molecule has 1 aliphatic heterocycles. The average Bonchev–Trinajstić information content (AvgIpc) is 2.44. The van der Waals surface area contributed by atoms with Gasteiger partial charge in [-0.15, -0.1) is 0 Å². The van der Waals surface area contributed by atoms with E-state index in [9.17, 15) is 5.11 Å². The Morgan fingerprint density at radius 3 is 2.15 bits per heavy atom. The standard InChI is InChI=1S/C9H10B10O/c20-9-3-1-7(2-4-9)5-8-6-10-12-14-16-18-19-17-15-13-11-8/h1-4,8,20H,5-6H2/t8-/m1/s1. The van der Waals surface area contributed by atoms with Crippen molar-refractivity contribution in [3.05, 3.63) is 29.8 Å². The average molecular weight is 242 g/mol. The highest BCUT2D eigenvalue weighted by Gasteiger charge is 2.12. The molecule has 2 rings (SSSR count). The first-order valence-corrected chi connectivity index (χ1v) is 6.96. The highest BCUT2D eigenvalue weighted by molar-refractivity contribution is 7.69. The van der Waals surface area contributed by atoms with Crippen LogP contribution in [0.2, 0.25) is 12.1 Å². The molecule has 0 unspecified atom stereocenters. The fourth-order valence-corrected chi connectivity index (χ4v) is 2.10. The number of rotatable bonds is 2. The zero-order chi connectivity index (χ0) is 14.0. The Morgan fingerprint density at radius 1 is 0.850 bits per heavy atom. The monoisotopic (exact) mass is 244 g/mol. The Balaban J connectivity index is 1.83. The second-order valence-corrected chi connectivity index (χ2v) is 4.83. The van der Waals surface area contributed by atoms with Gasteiger partial charge in [0.25, 0.3) is 0 Å². The third-order valence-electron chi connectivity index (χ3n) is 3.17. The maximum absolute atomic E-state index is 9.32. The van der Waals surface area contributed by atoms with Crippen LogP contribution < -0.4 is 0 Å². The lowest BCUT2D eigenvalue weighted by Crippen LogP contribution is -2.35. The fourth-order valence-electron chi connectivity index (χ4n) is 2.10. The van der Waals surface area contributed by atoms with Crippen molar-refractivity contribution in [2.24, 2.45) is 0 Å². The molecule has 0 aromatic heterocycles. The Morgan fingerprint density at radius 2 is 1.45 bits per heavy atom. The summed E-state index contributed by atoms with van der Waals surface area (Å²) in [7, 11) is 20.8. The van der Waals surface area contributed by atoms with E-state index >= 15 is 0 Å². The van der Waals surface area contributed by atoms with Gasteiger partial charge < -0.3 is 5.11 Å². The maximum atomic E-state index is 9.32. The molecule has 1 N–H and O–H groups in total. The van der Waals surface area contributed by atoms with Gasteiger partial charge in [0, 0.05) is 56.5 Å². The molecule has 0 spiro atoms. The molecular formula is C9H10B10O. The summed E-state index contributed by atoms with van der Waals surface area (Å²) in [5.74, 6) is 0.792. The molecule has 0 aliphatic carbocycles. The van der Waals surface area contributed by atoms with Gasteiger partial charge in [0.2, 0.25) is 0 Å². The number of phenols is 1. The van der Waals surface area contributed by atoms with Gasteiger partial charge in [0.1, 0.15) is 5.75 Å². The van der Waals surface area contributed by atoms with Crippen LogP contribution in [0.5, 0.6) is 5.75 Å². The van der Waals surface area contributed by atoms with Gasteiger partial charge in [0.05, 0.1) is 14.3 Å². The summed E-state index contributed by atoms with van der Waals surface area (Å²) < 4.78 is 0. The van der Waals surface area contributed by atoms with Gasteiger partial charge in [-0.3, -0.25) is 0 Å².